The number of aliphatic hydroxyl groups is 1. The van der Waals surface area contributed by atoms with Gasteiger partial charge in [-0.15, -0.1) is 18.3 Å². The zero-order valence-electron chi connectivity index (χ0n) is 16.8. The van der Waals surface area contributed by atoms with Gasteiger partial charge >= 0.3 is 6.36 Å². The van der Waals surface area contributed by atoms with Crippen molar-refractivity contribution in [1.29, 1.82) is 5.26 Å². The molecule has 2 aromatic rings. The summed E-state index contributed by atoms with van der Waals surface area (Å²) in [6.45, 7) is 4.70. The molecule has 1 aromatic carbocycles. The lowest BCUT2D eigenvalue weighted by Gasteiger charge is -2.39. The Hall–Kier alpha value is -2.86. The number of piperidine rings is 1. The highest BCUT2D eigenvalue weighted by atomic mass is 19.4. The molecule has 0 spiro atoms. The van der Waals surface area contributed by atoms with E-state index in [0.717, 1.165) is 11.3 Å². The molecular weight excluding hydrogens is 397 g/mol. The number of benzene rings is 1. The summed E-state index contributed by atoms with van der Waals surface area (Å²) in [5.41, 5.74) is 1.25. The number of aryl methyl sites for hydroxylation is 1. The van der Waals surface area contributed by atoms with E-state index in [1.165, 1.54) is 18.2 Å². The Labute approximate surface area is 172 Å². The van der Waals surface area contributed by atoms with Gasteiger partial charge < -0.3 is 14.7 Å². The Balaban J connectivity index is 1.81. The molecule has 3 rings (SSSR count). The lowest BCUT2D eigenvalue weighted by molar-refractivity contribution is -0.274. The Kier molecular flexibility index (Phi) is 6.17. The molecule has 1 aliphatic rings. The largest absolute Gasteiger partial charge is 0.573 e. The predicted molar refractivity (Wildman–Crippen MR) is 104 cm³/mol. The number of hydrogen-bond acceptors (Lipinski definition) is 6. The normalized spacial score (nSPS) is 16.2. The number of ether oxygens (including phenoxy) is 1. The number of hydrogen-bond donors (Lipinski definition) is 1. The summed E-state index contributed by atoms with van der Waals surface area (Å²) in [6, 6.07) is 7.67. The fraction of sp³-hybridized carbons (Fsp3) is 0.476. The van der Waals surface area contributed by atoms with Crippen LogP contribution in [0.3, 0.4) is 0 Å². The van der Waals surface area contributed by atoms with Crippen LogP contribution in [0.5, 0.6) is 5.75 Å². The third-order valence-corrected chi connectivity index (χ3v) is 5.43. The molecule has 0 unspecified atom stereocenters. The Morgan fingerprint density at radius 3 is 2.47 bits per heavy atom. The summed E-state index contributed by atoms with van der Waals surface area (Å²) in [4.78, 5) is 1.90. The van der Waals surface area contributed by atoms with Crippen LogP contribution < -0.4 is 9.64 Å². The first-order valence-electron chi connectivity index (χ1n) is 9.83. The summed E-state index contributed by atoms with van der Waals surface area (Å²) in [6.07, 6.45) is -2.91. The minimum Gasteiger partial charge on any atom is -0.406 e. The number of aromatic nitrogens is 2. The van der Waals surface area contributed by atoms with Crippen molar-refractivity contribution in [2.45, 2.75) is 51.5 Å². The van der Waals surface area contributed by atoms with Gasteiger partial charge in [0.25, 0.3) is 0 Å². The van der Waals surface area contributed by atoms with Crippen LogP contribution in [0.4, 0.5) is 19.0 Å². The van der Waals surface area contributed by atoms with Gasteiger partial charge in [-0.1, -0.05) is 26.0 Å². The van der Waals surface area contributed by atoms with Crippen molar-refractivity contribution in [2.24, 2.45) is 0 Å². The molecular formula is C21H23F3N4O2. The zero-order chi connectivity index (χ0) is 21.9. The molecule has 0 bridgehead atoms. The second-order valence-electron chi connectivity index (χ2n) is 7.24. The van der Waals surface area contributed by atoms with Crippen molar-refractivity contribution in [3.63, 3.8) is 0 Å². The fourth-order valence-electron chi connectivity index (χ4n) is 3.86. The summed E-state index contributed by atoms with van der Waals surface area (Å²) < 4.78 is 41.5. The van der Waals surface area contributed by atoms with Crippen LogP contribution in [0.15, 0.2) is 24.3 Å². The van der Waals surface area contributed by atoms with Crippen LogP contribution >= 0.6 is 0 Å². The molecule has 1 N–H and O–H groups in total. The van der Waals surface area contributed by atoms with E-state index in [2.05, 4.69) is 21.0 Å². The number of rotatable bonds is 5. The van der Waals surface area contributed by atoms with Crippen LogP contribution in [0.1, 0.15) is 49.1 Å². The van der Waals surface area contributed by atoms with E-state index in [0.29, 0.717) is 42.9 Å². The Morgan fingerprint density at radius 2 is 1.90 bits per heavy atom. The van der Waals surface area contributed by atoms with Gasteiger partial charge in [0, 0.05) is 13.1 Å². The first kappa shape index (κ1) is 21.8. The third kappa shape index (κ3) is 4.49. The highest BCUT2D eigenvalue weighted by molar-refractivity contribution is 5.58. The van der Waals surface area contributed by atoms with Gasteiger partial charge in [-0.05, 0) is 48.9 Å². The van der Waals surface area contributed by atoms with Crippen molar-refractivity contribution in [1.82, 2.24) is 10.2 Å². The molecule has 0 amide bonds. The van der Waals surface area contributed by atoms with Crippen molar-refractivity contribution < 1.29 is 23.0 Å². The second-order valence-corrected chi connectivity index (χ2v) is 7.24. The first-order valence-corrected chi connectivity index (χ1v) is 9.83. The van der Waals surface area contributed by atoms with Crippen molar-refractivity contribution in [3.05, 3.63) is 46.6 Å². The number of alkyl halides is 3. The minimum absolute atomic E-state index is 0.270. The third-order valence-electron chi connectivity index (χ3n) is 5.43. The van der Waals surface area contributed by atoms with Gasteiger partial charge in [-0.25, -0.2) is 0 Å². The zero-order valence-corrected chi connectivity index (χ0v) is 16.8. The Morgan fingerprint density at radius 1 is 1.20 bits per heavy atom. The van der Waals surface area contributed by atoms with Crippen LogP contribution in [0.2, 0.25) is 0 Å². The molecule has 0 atom stereocenters. The smallest absolute Gasteiger partial charge is 0.406 e. The van der Waals surface area contributed by atoms with Gasteiger partial charge in [-0.3, -0.25) is 0 Å². The lowest BCUT2D eigenvalue weighted by Crippen LogP contribution is -2.43. The highest BCUT2D eigenvalue weighted by Gasteiger charge is 2.37. The molecule has 160 valence electrons. The van der Waals surface area contributed by atoms with E-state index >= 15 is 0 Å². The molecule has 1 aromatic heterocycles. The Bertz CT molecular complexity index is 948. The van der Waals surface area contributed by atoms with E-state index < -0.39 is 12.0 Å². The maximum Gasteiger partial charge on any atom is 0.573 e. The molecule has 2 heterocycles. The monoisotopic (exact) mass is 420 g/mol. The maximum absolute atomic E-state index is 12.5. The molecule has 1 fully saturated rings. The number of halogens is 3. The van der Waals surface area contributed by atoms with Crippen molar-refractivity contribution in [3.8, 4) is 11.8 Å². The molecule has 30 heavy (non-hydrogen) atoms. The van der Waals surface area contributed by atoms with E-state index in [-0.39, 0.29) is 18.6 Å². The van der Waals surface area contributed by atoms with Crippen LogP contribution in [-0.4, -0.2) is 34.8 Å². The van der Waals surface area contributed by atoms with Gasteiger partial charge in [0.15, 0.2) is 5.82 Å². The van der Waals surface area contributed by atoms with Gasteiger partial charge in [0.05, 0.1) is 11.3 Å². The van der Waals surface area contributed by atoms with E-state index in [9.17, 15) is 23.5 Å². The molecule has 6 nitrogen and oxygen atoms in total. The average molecular weight is 420 g/mol. The maximum atomic E-state index is 12.5. The number of nitriles is 1. The molecule has 0 aliphatic carbocycles. The van der Waals surface area contributed by atoms with Gasteiger partial charge in [-0.2, -0.15) is 10.4 Å². The van der Waals surface area contributed by atoms with Gasteiger partial charge in [0.1, 0.15) is 17.4 Å². The molecule has 0 radical (unpaired) electrons. The molecule has 1 aliphatic heterocycles. The first-order chi connectivity index (χ1) is 14.2. The fourth-order valence-corrected chi connectivity index (χ4v) is 3.86. The summed E-state index contributed by atoms with van der Waals surface area (Å²) in [7, 11) is 0. The quantitative estimate of drug-likeness (QED) is 0.791. The minimum atomic E-state index is -4.79. The standard InChI is InChI=1S/C21H23F3N4O2/c1-3-16-17(13-25)19(27-26-18(16)4-2)28-10-8-20(29,9-11-28)14-6-5-7-15(12-14)30-21(22,23)24/h5-7,12,29H,3-4,8-11H2,1-2H3. The topological polar surface area (TPSA) is 82.3 Å². The second kappa shape index (κ2) is 8.48. The lowest BCUT2D eigenvalue weighted by atomic mass is 9.84. The van der Waals surface area contributed by atoms with Crippen LogP contribution in [0.25, 0.3) is 0 Å². The predicted octanol–water partition coefficient (Wildman–Crippen LogP) is 3.86. The number of anilines is 1. The highest BCUT2D eigenvalue weighted by Crippen LogP contribution is 2.37. The molecule has 0 saturated carbocycles. The van der Waals surface area contributed by atoms with Crippen molar-refractivity contribution in [2.75, 3.05) is 18.0 Å². The van der Waals surface area contributed by atoms with E-state index in [4.69, 9.17) is 0 Å². The van der Waals surface area contributed by atoms with E-state index in [1.807, 2.05) is 18.7 Å². The number of nitrogens with zero attached hydrogens (tertiary/aromatic N) is 4. The average Bonchev–Trinajstić information content (AvgIpc) is 2.72. The van der Waals surface area contributed by atoms with Crippen LogP contribution in [0, 0.1) is 11.3 Å². The van der Waals surface area contributed by atoms with Crippen LogP contribution in [-0.2, 0) is 18.4 Å². The summed E-state index contributed by atoms with van der Waals surface area (Å²) in [5, 5.41) is 29.3. The van der Waals surface area contributed by atoms with E-state index in [1.54, 1.807) is 6.07 Å². The molecule has 1 saturated heterocycles. The molecule has 9 heteroatoms. The summed E-state index contributed by atoms with van der Waals surface area (Å²) >= 11 is 0. The van der Waals surface area contributed by atoms with Crippen molar-refractivity contribution >= 4 is 5.82 Å². The van der Waals surface area contributed by atoms with Gasteiger partial charge in [0.2, 0.25) is 0 Å². The summed E-state index contributed by atoms with van der Waals surface area (Å²) in [5.74, 6) is 0.124. The SMILES string of the molecule is CCc1nnc(N2CCC(O)(c3cccc(OC(F)(F)F)c3)CC2)c(C#N)c1CC.